The van der Waals surface area contributed by atoms with E-state index in [9.17, 15) is 9.50 Å². The fourth-order valence-electron chi connectivity index (χ4n) is 1.57. The molecule has 1 atom stereocenters. The van der Waals surface area contributed by atoms with E-state index < -0.39 is 6.10 Å². The molecule has 0 saturated carbocycles. The molecular weight excluding hydrogens is 191 g/mol. The Morgan fingerprint density at radius 3 is 2.67 bits per heavy atom. The quantitative estimate of drug-likeness (QED) is 0.734. The van der Waals surface area contributed by atoms with Crippen LogP contribution in [0, 0.1) is 12.7 Å². The van der Waals surface area contributed by atoms with Gasteiger partial charge in [-0.05, 0) is 30.5 Å². The lowest BCUT2D eigenvalue weighted by Crippen LogP contribution is -1.98. The maximum absolute atomic E-state index is 13.2. The van der Waals surface area contributed by atoms with Crippen molar-refractivity contribution < 1.29 is 9.50 Å². The zero-order valence-electron chi connectivity index (χ0n) is 9.46. The Hall–Kier alpha value is -0.890. The standard InChI is InChI=1S/C13H19FO/c1-3-4-5-6-13(15)11-8-7-10(2)12(14)9-11/h7-9,13,15H,3-6H2,1-2H3. The average Bonchev–Trinajstić information content (AvgIpc) is 2.22. The van der Waals surface area contributed by atoms with Crippen molar-refractivity contribution in [2.24, 2.45) is 0 Å². The van der Waals surface area contributed by atoms with Gasteiger partial charge in [-0.15, -0.1) is 0 Å². The van der Waals surface area contributed by atoms with Crippen molar-refractivity contribution >= 4 is 0 Å². The Morgan fingerprint density at radius 2 is 2.07 bits per heavy atom. The summed E-state index contributed by atoms with van der Waals surface area (Å²) in [6.45, 7) is 3.85. The van der Waals surface area contributed by atoms with Gasteiger partial charge in [-0.3, -0.25) is 0 Å². The number of hydrogen-bond donors (Lipinski definition) is 1. The zero-order valence-corrected chi connectivity index (χ0v) is 9.46. The van der Waals surface area contributed by atoms with E-state index in [1.165, 1.54) is 6.07 Å². The van der Waals surface area contributed by atoms with E-state index >= 15 is 0 Å². The number of aliphatic hydroxyl groups excluding tert-OH is 1. The fraction of sp³-hybridized carbons (Fsp3) is 0.538. The summed E-state index contributed by atoms with van der Waals surface area (Å²) >= 11 is 0. The van der Waals surface area contributed by atoms with Gasteiger partial charge in [0.1, 0.15) is 5.82 Å². The smallest absolute Gasteiger partial charge is 0.126 e. The first-order valence-electron chi connectivity index (χ1n) is 5.59. The summed E-state index contributed by atoms with van der Waals surface area (Å²) in [6, 6.07) is 4.95. The third-order valence-electron chi connectivity index (χ3n) is 2.66. The molecule has 0 saturated heterocycles. The van der Waals surface area contributed by atoms with Crippen LogP contribution in [0.25, 0.3) is 0 Å². The molecule has 0 aromatic heterocycles. The summed E-state index contributed by atoms with van der Waals surface area (Å²) in [5.74, 6) is -0.234. The molecule has 0 aliphatic rings. The third kappa shape index (κ3) is 3.63. The van der Waals surface area contributed by atoms with Gasteiger partial charge >= 0.3 is 0 Å². The van der Waals surface area contributed by atoms with Gasteiger partial charge in [-0.2, -0.15) is 0 Å². The number of hydrogen-bond acceptors (Lipinski definition) is 1. The first-order chi connectivity index (χ1) is 7.15. The molecule has 1 rings (SSSR count). The molecule has 0 spiro atoms. The molecule has 1 nitrogen and oxygen atoms in total. The van der Waals surface area contributed by atoms with Crippen LogP contribution in [0.15, 0.2) is 18.2 Å². The topological polar surface area (TPSA) is 20.2 Å². The molecule has 0 bridgehead atoms. The van der Waals surface area contributed by atoms with Gasteiger partial charge in [0, 0.05) is 0 Å². The van der Waals surface area contributed by atoms with Crippen LogP contribution in [0.2, 0.25) is 0 Å². The predicted molar refractivity (Wildman–Crippen MR) is 60.2 cm³/mol. The highest BCUT2D eigenvalue weighted by Crippen LogP contribution is 2.21. The van der Waals surface area contributed by atoms with Gasteiger partial charge in [0.05, 0.1) is 6.10 Å². The van der Waals surface area contributed by atoms with Crippen LogP contribution in [0.4, 0.5) is 4.39 Å². The van der Waals surface area contributed by atoms with Crippen LogP contribution in [0.1, 0.15) is 49.8 Å². The van der Waals surface area contributed by atoms with Crippen molar-refractivity contribution in [3.8, 4) is 0 Å². The predicted octanol–water partition coefficient (Wildman–Crippen LogP) is 3.75. The average molecular weight is 210 g/mol. The molecule has 84 valence electrons. The highest BCUT2D eigenvalue weighted by Gasteiger charge is 2.08. The molecule has 0 heterocycles. The Balaban J connectivity index is 2.57. The number of unbranched alkanes of at least 4 members (excludes halogenated alkanes) is 2. The van der Waals surface area contributed by atoms with E-state index in [0.29, 0.717) is 11.1 Å². The van der Waals surface area contributed by atoms with Crippen molar-refractivity contribution in [3.63, 3.8) is 0 Å². The van der Waals surface area contributed by atoms with E-state index in [0.717, 1.165) is 25.7 Å². The number of aryl methyl sites for hydroxylation is 1. The van der Waals surface area contributed by atoms with E-state index in [4.69, 9.17) is 0 Å². The molecular formula is C13H19FO. The minimum Gasteiger partial charge on any atom is -0.388 e. The normalized spacial score (nSPS) is 12.8. The van der Waals surface area contributed by atoms with E-state index in [-0.39, 0.29) is 5.82 Å². The lowest BCUT2D eigenvalue weighted by molar-refractivity contribution is 0.163. The molecule has 15 heavy (non-hydrogen) atoms. The van der Waals surface area contributed by atoms with Crippen LogP contribution in [0.5, 0.6) is 0 Å². The Bertz CT molecular complexity index is 309. The van der Waals surface area contributed by atoms with Crippen LogP contribution < -0.4 is 0 Å². The van der Waals surface area contributed by atoms with Gasteiger partial charge in [0.2, 0.25) is 0 Å². The molecule has 1 N–H and O–H groups in total. The van der Waals surface area contributed by atoms with Crippen molar-refractivity contribution in [1.82, 2.24) is 0 Å². The number of halogens is 1. The van der Waals surface area contributed by atoms with E-state index in [1.807, 2.05) is 0 Å². The van der Waals surface area contributed by atoms with Crippen molar-refractivity contribution in [1.29, 1.82) is 0 Å². The molecule has 0 aliphatic carbocycles. The van der Waals surface area contributed by atoms with Gasteiger partial charge in [0.25, 0.3) is 0 Å². The van der Waals surface area contributed by atoms with Crippen LogP contribution >= 0.6 is 0 Å². The molecule has 2 heteroatoms. The zero-order chi connectivity index (χ0) is 11.3. The number of rotatable bonds is 5. The summed E-state index contributed by atoms with van der Waals surface area (Å²) in [5, 5.41) is 9.80. The van der Waals surface area contributed by atoms with Crippen LogP contribution in [-0.2, 0) is 0 Å². The van der Waals surface area contributed by atoms with E-state index in [1.54, 1.807) is 19.1 Å². The lowest BCUT2D eigenvalue weighted by atomic mass is 10.0. The summed E-state index contributed by atoms with van der Waals surface area (Å²) in [6.07, 6.45) is 3.44. The highest BCUT2D eigenvalue weighted by atomic mass is 19.1. The van der Waals surface area contributed by atoms with Crippen molar-refractivity contribution in [2.75, 3.05) is 0 Å². The summed E-state index contributed by atoms with van der Waals surface area (Å²) in [7, 11) is 0. The van der Waals surface area contributed by atoms with Gasteiger partial charge in [0.15, 0.2) is 0 Å². The molecule has 0 aliphatic heterocycles. The molecule has 1 aromatic rings. The van der Waals surface area contributed by atoms with Crippen LogP contribution in [-0.4, -0.2) is 5.11 Å². The summed E-state index contributed by atoms with van der Waals surface area (Å²) < 4.78 is 13.2. The number of benzene rings is 1. The molecule has 0 radical (unpaired) electrons. The van der Waals surface area contributed by atoms with Crippen molar-refractivity contribution in [2.45, 2.75) is 45.6 Å². The maximum atomic E-state index is 13.2. The van der Waals surface area contributed by atoms with Crippen molar-refractivity contribution in [3.05, 3.63) is 35.1 Å². The second-order valence-corrected chi connectivity index (χ2v) is 4.02. The van der Waals surface area contributed by atoms with Gasteiger partial charge < -0.3 is 5.11 Å². The first-order valence-corrected chi connectivity index (χ1v) is 5.59. The van der Waals surface area contributed by atoms with E-state index in [2.05, 4.69) is 6.92 Å². The Labute approximate surface area is 90.9 Å². The molecule has 1 unspecified atom stereocenters. The Morgan fingerprint density at radius 1 is 1.33 bits per heavy atom. The molecule has 1 aromatic carbocycles. The minimum atomic E-state index is -0.522. The summed E-state index contributed by atoms with van der Waals surface area (Å²) in [4.78, 5) is 0. The SMILES string of the molecule is CCCCCC(O)c1ccc(C)c(F)c1. The minimum absolute atomic E-state index is 0.234. The molecule has 0 fully saturated rings. The van der Waals surface area contributed by atoms with Gasteiger partial charge in [-0.1, -0.05) is 38.3 Å². The first kappa shape index (κ1) is 12.2. The second kappa shape index (κ2) is 5.86. The third-order valence-corrected chi connectivity index (χ3v) is 2.66. The largest absolute Gasteiger partial charge is 0.388 e. The highest BCUT2D eigenvalue weighted by molar-refractivity contribution is 5.24. The molecule has 0 amide bonds. The van der Waals surface area contributed by atoms with Gasteiger partial charge in [-0.25, -0.2) is 4.39 Å². The number of aliphatic hydroxyl groups is 1. The monoisotopic (exact) mass is 210 g/mol. The Kier molecular flexibility index (Phi) is 4.76. The fourth-order valence-corrected chi connectivity index (χ4v) is 1.57. The lowest BCUT2D eigenvalue weighted by Gasteiger charge is -2.11. The van der Waals surface area contributed by atoms with Crippen LogP contribution in [0.3, 0.4) is 0 Å². The maximum Gasteiger partial charge on any atom is 0.126 e. The summed E-state index contributed by atoms with van der Waals surface area (Å²) in [5.41, 5.74) is 1.31. The second-order valence-electron chi connectivity index (χ2n) is 4.02.